The largest absolute Gasteiger partial charge is 0.368 e. The molecule has 0 aromatic heterocycles. The van der Waals surface area contributed by atoms with Gasteiger partial charge in [-0.15, -0.1) is 0 Å². The van der Waals surface area contributed by atoms with Gasteiger partial charge in [-0.25, -0.2) is 5.43 Å². The molecule has 1 aromatic rings. The molecule has 1 atom stereocenters. The van der Waals surface area contributed by atoms with Crippen molar-refractivity contribution in [1.82, 2.24) is 5.43 Å². The average Bonchev–Trinajstić information content (AvgIpc) is 2.98. The Morgan fingerprint density at radius 2 is 2.21 bits per heavy atom. The van der Waals surface area contributed by atoms with E-state index in [9.17, 15) is 4.79 Å². The van der Waals surface area contributed by atoms with Crippen LogP contribution in [0.4, 0.5) is 0 Å². The van der Waals surface area contributed by atoms with E-state index in [1.54, 1.807) is 0 Å². The summed E-state index contributed by atoms with van der Waals surface area (Å²) in [6, 6.07) is 9.93. The van der Waals surface area contributed by atoms with Crippen LogP contribution >= 0.6 is 0 Å². The standard InChI is InChI=1S/C15H20N2O2/c1-2-7-13(12-8-4-3-5-9-12)16-17-15(18)14-10-6-11-19-14/h3-5,8-9,14H,2,6-7,10-11H2,1H3,(H,17,18). The number of nitrogens with zero attached hydrogens (tertiary/aromatic N) is 1. The second kappa shape index (κ2) is 7.04. The molecule has 0 spiro atoms. The normalized spacial score (nSPS) is 19.4. The predicted molar refractivity (Wildman–Crippen MR) is 75.0 cm³/mol. The molecule has 1 fully saturated rings. The number of rotatable bonds is 5. The first-order chi connectivity index (χ1) is 9.31. The highest BCUT2D eigenvalue weighted by atomic mass is 16.5. The van der Waals surface area contributed by atoms with Gasteiger partial charge in [0.2, 0.25) is 0 Å². The maximum absolute atomic E-state index is 11.8. The topological polar surface area (TPSA) is 50.7 Å². The van der Waals surface area contributed by atoms with Gasteiger partial charge in [0.1, 0.15) is 6.10 Å². The van der Waals surface area contributed by atoms with E-state index in [0.717, 1.165) is 37.0 Å². The van der Waals surface area contributed by atoms with E-state index in [-0.39, 0.29) is 12.0 Å². The van der Waals surface area contributed by atoms with Gasteiger partial charge in [0, 0.05) is 6.61 Å². The van der Waals surface area contributed by atoms with Crippen LogP contribution in [-0.4, -0.2) is 24.3 Å². The lowest BCUT2D eigenvalue weighted by molar-refractivity contribution is -0.130. The third-order valence-electron chi connectivity index (χ3n) is 3.12. The number of ether oxygens (including phenoxy) is 1. The first kappa shape index (κ1) is 13.7. The highest BCUT2D eigenvalue weighted by Crippen LogP contribution is 2.12. The number of nitrogens with one attached hydrogen (secondary N) is 1. The van der Waals surface area contributed by atoms with Gasteiger partial charge in [-0.1, -0.05) is 43.7 Å². The summed E-state index contributed by atoms with van der Waals surface area (Å²) >= 11 is 0. The van der Waals surface area contributed by atoms with Crippen LogP contribution in [0, 0.1) is 0 Å². The monoisotopic (exact) mass is 260 g/mol. The van der Waals surface area contributed by atoms with Crippen molar-refractivity contribution >= 4 is 11.6 Å². The second-order valence-electron chi connectivity index (χ2n) is 4.65. The molecule has 102 valence electrons. The lowest BCUT2D eigenvalue weighted by Gasteiger charge is -2.09. The van der Waals surface area contributed by atoms with Crippen molar-refractivity contribution in [3.8, 4) is 0 Å². The molecule has 4 heteroatoms. The molecule has 19 heavy (non-hydrogen) atoms. The van der Waals surface area contributed by atoms with Gasteiger partial charge in [0.05, 0.1) is 5.71 Å². The van der Waals surface area contributed by atoms with E-state index in [1.807, 2.05) is 30.3 Å². The summed E-state index contributed by atoms with van der Waals surface area (Å²) in [7, 11) is 0. The van der Waals surface area contributed by atoms with Crippen molar-refractivity contribution in [2.75, 3.05) is 6.61 Å². The van der Waals surface area contributed by atoms with Gasteiger partial charge in [-0.2, -0.15) is 5.10 Å². The summed E-state index contributed by atoms with van der Waals surface area (Å²) in [5, 5.41) is 4.27. The van der Waals surface area contributed by atoms with E-state index in [0.29, 0.717) is 6.61 Å². The molecule has 1 aliphatic rings. The van der Waals surface area contributed by atoms with E-state index in [2.05, 4.69) is 17.5 Å². The SMILES string of the molecule is CCCC(=NNC(=O)C1CCCO1)c1ccccc1. The van der Waals surface area contributed by atoms with Crippen molar-refractivity contribution in [2.45, 2.75) is 38.7 Å². The van der Waals surface area contributed by atoms with Gasteiger partial charge < -0.3 is 4.74 Å². The lowest BCUT2D eigenvalue weighted by Crippen LogP contribution is -2.31. The van der Waals surface area contributed by atoms with Crippen LogP contribution in [0.5, 0.6) is 0 Å². The zero-order chi connectivity index (χ0) is 13.5. The van der Waals surface area contributed by atoms with Crippen molar-refractivity contribution in [2.24, 2.45) is 5.10 Å². The van der Waals surface area contributed by atoms with E-state index in [4.69, 9.17) is 4.74 Å². The fraction of sp³-hybridized carbons (Fsp3) is 0.467. The number of hydrogen-bond acceptors (Lipinski definition) is 3. The van der Waals surface area contributed by atoms with E-state index < -0.39 is 0 Å². The zero-order valence-electron chi connectivity index (χ0n) is 11.3. The minimum atomic E-state index is -0.331. The lowest BCUT2D eigenvalue weighted by atomic mass is 10.1. The summed E-state index contributed by atoms with van der Waals surface area (Å²) in [5.41, 5.74) is 4.60. The third kappa shape index (κ3) is 3.89. The Morgan fingerprint density at radius 3 is 2.84 bits per heavy atom. The Balaban J connectivity index is 2.02. The number of hydrogen-bond donors (Lipinski definition) is 1. The molecule has 1 amide bonds. The molecular formula is C15H20N2O2. The van der Waals surface area contributed by atoms with Gasteiger partial charge >= 0.3 is 0 Å². The van der Waals surface area contributed by atoms with Crippen LogP contribution in [0.2, 0.25) is 0 Å². The van der Waals surface area contributed by atoms with E-state index >= 15 is 0 Å². The predicted octanol–water partition coefficient (Wildman–Crippen LogP) is 2.49. The molecule has 0 saturated carbocycles. The molecule has 1 N–H and O–H groups in total. The minimum absolute atomic E-state index is 0.137. The average molecular weight is 260 g/mol. The first-order valence-electron chi connectivity index (χ1n) is 6.84. The van der Waals surface area contributed by atoms with Crippen LogP contribution < -0.4 is 5.43 Å². The van der Waals surface area contributed by atoms with Gasteiger partial charge in [-0.3, -0.25) is 4.79 Å². The molecular weight excluding hydrogens is 240 g/mol. The second-order valence-corrected chi connectivity index (χ2v) is 4.65. The molecule has 4 nitrogen and oxygen atoms in total. The smallest absolute Gasteiger partial charge is 0.269 e. The third-order valence-corrected chi connectivity index (χ3v) is 3.12. The molecule has 1 unspecified atom stereocenters. The maximum atomic E-state index is 11.8. The number of amides is 1. The Bertz CT molecular complexity index is 437. The fourth-order valence-electron chi connectivity index (χ4n) is 2.11. The molecule has 1 aliphatic heterocycles. The summed E-state index contributed by atoms with van der Waals surface area (Å²) in [5.74, 6) is -0.137. The van der Waals surface area contributed by atoms with Crippen LogP contribution in [-0.2, 0) is 9.53 Å². The van der Waals surface area contributed by atoms with Crippen molar-refractivity contribution in [1.29, 1.82) is 0 Å². The zero-order valence-corrected chi connectivity index (χ0v) is 11.3. The quantitative estimate of drug-likeness (QED) is 0.653. The molecule has 0 radical (unpaired) electrons. The number of benzene rings is 1. The summed E-state index contributed by atoms with van der Waals surface area (Å²) in [4.78, 5) is 11.8. The Kier molecular flexibility index (Phi) is 5.10. The Labute approximate surface area is 113 Å². The van der Waals surface area contributed by atoms with Crippen molar-refractivity contribution in [3.05, 3.63) is 35.9 Å². The van der Waals surface area contributed by atoms with Gasteiger partial charge in [-0.05, 0) is 24.8 Å². The first-order valence-corrected chi connectivity index (χ1v) is 6.84. The number of carbonyl (C=O) groups is 1. The van der Waals surface area contributed by atoms with Crippen LogP contribution in [0.15, 0.2) is 35.4 Å². The van der Waals surface area contributed by atoms with Crippen LogP contribution in [0.25, 0.3) is 0 Å². The Hall–Kier alpha value is -1.68. The van der Waals surface area contributed by atoms with Gasteiger partial charge in [0.15, 0.2) is 0 Å². The molecule has 2 rings (SSSR count). The number of carbonyl (C=O) groups excluding carboxylic acids is 1. The molecule has 0 bridgehead atoms. The maximum Gasteiger partial charge on any atom is 0.269 e. The summed E-state index contributed by atoms with van der Waals surface area (Å²) in [6.45, 7) is 2.77. The van der Waals surface area contributed by atoms with Crippen molar-refractivity contribution < 1.29 is 9.53 Å². The Morgan fingerprint density at radius 1 is 1.42 bits per heavy atom. The molecule has 1 heterocycles. The summed E-state index contributed by atoms with van der Waals surface area (Å²) in [6.07, 6.45) is 3.24. The van der Waals surface area contributed by atoms with Crippen molar-refractivity contribution in [3.63, 3.8) is 0 Å². The highest BCUT2D eigenvalue weighted by molar-refractivity contribution is 6.01. The molecule has 0 aliphatic carbocycles. The number of hydrazone groups is 1. The summed E-state index contributed by atoms with van der Waals surface area (Å²) < 4.78 is 5.33. The minimum Gasteiger partial charge on any atom is -0.368 e. The van der Waals surface area contributed by atoms with Gasteiger partial charge in [0.25, 0.3) is 5.91 Å². The molecule has 1 aromatic carbocycles. The highest BCUT2D eigenvalue weighted by Gasteiger charge is 2.23. The molecule has 1 saturated heterocycles. The van der Waals surface area contributed by atoms with Crippen LogP contribution in [0.1, 0.15) is 38.2 Å². The van der Waals surface area contributed by atoms with E-state index in [1.165, 1.54) is 0 Å². The fourth-order valence-corrected chi connectivity index (χ4v) is 2.11. The van der Waals surface area contributed by atoms with Crippen LogP contribution in [0.3, 0.4) is 0 Å².